The Balaban J connectivity index is 2.13. The summed E-state index contributed by atoms with van der Waals surface area (Å²) in [5.74, 6) is -0.331. The van der Waals surface area contributed by atoms with Crippen molar-refractivity contribution in [3.8, 4) is 0 Å². The number of aryl methyl sites for hydroxylation is 1. The third kappa shape index (κ3) is 4.59. The summed E-state index contributed by atoms with van der Waals surface area (Å²) >= 11 is 0. The molecular formula is C20H30O2. The summed E-state index contributed by atoms with van der Waals surface area (Å²) in [7, 11) is 0. The van der Waals surface area contributed by atoms with Crippen LogP contribution in [0.25, 0.3) is 0 Å². The maximum atomic E-state index is 12.5. The Labute approximate surface area is 136 Å². The number of fused-ring (bicyclic) bond motifs is 1. The highest BCUT2D eigenvalue weighted by atomic mass is 16.6. The normalized spacial score (nSPS) is 18.0. The van der Waals surface area contributed by atoms with E-state index in [0.717, 1.165) is 36.8 Å². The largest absolute Gasteiger partial charge is 0.459 e. The fourth-order valence-corrected chi connectivity index (χ4v) is 3.08. The van der Waals surface area contributed by atoms with Gasteiger partial charge in [0.25, 0.3) is 0 Å². The van der Waals surface area contributed by atoms with E-state index in [-0.39, 0.29) is 11.9 Å². The average molecular weight is 303 g/mol. The number of hydrogen-bond acceptors (Lipinski definition) is 2. The van der Waals surface area contributed by atoms with Crippen molar-refractivity contribution in [3.63, 3.8) is 0 Å². The Morgan fingerprint density at radius 1 is 1.36 bits per heavy atom. The van der Waals surface area contributed by atoms with Crippen LogP contribution in [0.5, 0.6) is 0 Å². The second-order valence-corrected chi connectivity index (χ2v) is 7.38. The first-order valence-corrected chi connectivity index (χ1v) is 8.67. The van der Waals surface area contributed by atoms with Gasteiger partial charge in [-0.15, -0.1) is 0 Å². The minimum Gasteiger partial charge on any atom is -0.459 e. The van der Waals surface area contributed by atoms with Gasteiger partial charge in [0.1, 0.15) is 5.60 Å². The summed E-state index contributed by atoms with van der Waals surface area (Å²) in [6.45, 7) is 7.92. The zero-order valence-corrected chi connectivity index (χ0v) is 14.5. The molecule has 2 heteroatoms. The van der Waals surface area contributed by atoms with E-state index in [0.29, 0.717) is 6.04 Å². The highest BCUT2D eigenvalue weighted by Crippen LogP contribution is 2.35. The predicted molar refractivity (Wildman–Crippen MR) is 91.2 cm³/mol. The molecule has 1 aromatic rings. The fraction of sp³-hybridized carbons (Fsp3) is 0.650. The van der Waals surface area contributed by atoms with Crippen LogP contribution in [0, 0.1) is 0 Å². The molecule has 0 N–H and O–H groups in total. The molecule has 1 aliphatic rings. The summed E-state index contributed by atoms with van der Waals surface area (Å²) in [6.07, 6.45) is 7.47. The number of benzene rings is 1. The van der Waals surface area contributed by atoms with Crippen molar-refractivity contribution in [3.05, 3.63) is 34.9 Å². The molecule has 1 atom stereocenters. The minimum absolute atomic E-state index is 0.140. The summed E-state index contributed by atoms with van der Waals surface area (Å²) in [4.78, 5) is 12.5. The predicted octanol–water partition coefficient (Wildman–Crippen LogP) is 5.18. The average Bonchev–Trinajstić information content (AvgIpc) is 2.86. The van der Waals surface area contributed by atoms with Crippen molar-refractivity contribution in [2.75, 3.05) is 0 Å². The lowest BCUT2D eigenvalue weighted by molar-refractivity contribution is -0.156. The van der Waals surface area contributed by atoms with Crippen LogP contribution in [-0.2, 0) is 22.4 Å². The third-order valence-corrected chi connectivity index (χ3v) is 4.19. The molecule has 1 aliphatic carbocycles. The molecule has 0 spiro atoms. The molecular weight excluding hydrogens is 272 g/mol. The molecule has 0 aliphatic heterocycles. The number of rotatable bonds is 6. The van der Waals surface area contributed by atoms with Crippen LogP contribution < -0.4 is 0 Å². The van der Waals surface area contributed by atoms with Crippen LogP contribution in [-0.4, -0.2) is 11.6 Å². The van der Waals surface area contributed by atoms with Gasteiger partial charge in [0, 0.05) is 0 Å². The minimum atomic E-state index is -0.457. The highest BCUT2D eigenvalue weighted by Gasteiger charge is 2.32. The van der Waals surface area contributed by atoms with E-state index in [9.17, 15) is 4.79 Å². The molecule has 0 heterocycles. The first-order valence-electron chi connectivity index (χ1n) is 9.17. The standard InChI is InChI=1S/C20H30O2/c1-5-6-7-8-9-15-10-11-16-12-13-17(18(16)14-15)19(21)22-20(2,3)4/h10-11,14,17H,5-9,12-13H2,1-4H3/i11D. The summed E-state index contributed by atoms with van der Waals surface area (Å²) in [5, 5.41) is 0. The molecule has 0 fully saturated rings. The van der Waals surface area contributed by atoms with E-state index in [4.69, 9.17) is 6.11 Å². The SMILES string of the molecule is [2H]c1cc(CCCCCC)cc2c1CCC2C(=O)OC(C)(C)C. The van der Waals surface area contributed by atoms with Crippen molar-refractivity contribution >= 4 is 5.97 Å². The molecule has 0 saturated heterocycles. The Bertz CT molecular complexity index is 557. The molecule has 2 rings (SSSR count). The molecule has 0 amide bonds. The van der Waals surface area contributed by atoms with Gasteiger partial charge in [-0.05, 0) is 63.1 Å². The number of hydrogen-bond donors (Lipinski definition) is 0. The molecule has 1 unspecified atom stereocenters. The van der Waals surface area contributed by atoms with Crippen molar-refractivity contribution in [2.45, 2.75) is 84.2 Å². The second kappa shape index (κ2) is 7.30. The van der Waals surface area contributed by atoms with Crippen molar-refractivity contribution in [1.82, 2.24) is 0 Å². The van der Waals surface area contributed by atoms with Crippen LogP contribution in [0.3, 0.4) is 0 Å². The quantitative estimate of drug-likeness (QED) is 0.534. The topological polar surface area (TPSA) is 26.3 Å². The maximum Gasteiger partial charge on any atom is 0.313 e. The zero-order valence-electron chi connectivity index (χ0n) is 15.5. The Hall–Kier alpha value is -1.31. The molecule has 0 bridgehead atoms. The van der Waals surface area contributed by atoms with Gasteiger partial charge < -0.3 is 4.74 Å². The van der Waals surface area contributed by atoms with E-state index in [1.807, 2.05) is 26.8 Å². The number of ether oxygens (including phenoxy) is 1. The van der Waals surface area contributed by atoms with Gasteiger partial charge in [0.05, 0.1) is 7.29 Å². The van der Waals surface area contributed by atoms with E-state index in [1.54, 1.807) is 0 Å². The van der Waals surface area contributed by atoms with Gasteiger partial charge in [-0.2, -0.15) is 0 Å². The lowest BCUT2D eigenvalue weighted by Gasteiger charge is -2.22. The lowest BCUT2D eigenvalue weighted by Crippen LogP contribution is -2.27. The third-order valence-electron chi connectivity index (χ3n) is 4.19. The second-order valence-electron chi connectivity index (χ2n) is 7.38. The van der Waals surface area contributed by atoms with Gasteiger partial charge in [-0.1, -0.05) is 44.4 Å². The Morgan fingerprint density at radius 3 is 2.82 bits per heavy atom. The number of carbonyl (C=O) groups is 1. The van der Waals surface area contributed by atoms with E-state index in [1.165, 1.54) is 24.8 Å². The number of unbranched alkanes of at least 4 members (excludes halogenated alkanes) is 3. The van der Waals surface area contributed by atoms with Crippen molar-refractivity contribution < 1.29 is 10.9 Å². The smallest absolute Gasteiger partial charge is 0.313 e. The van der Waals surface area contributed by atoms with E-state index < -0.39 is 5.60 Å². The summed E-state index contributed by atoms with van der Waals surface area (Å²) in [5.41, 5.74) is 2.82. The molecule has 0 aromatic heterocycles. The fourth-order valence-electron chi connectivity index (χ4n) is 3.08. The number of carbonyl (C=O) groups excluding carboxylic acids is 1. The first kappa shape index (κ1) is 15.6. The van der Waals surface area contributed by atoms with Crippen molar-refractivity contribution in [2.24, 2.45) is 0 Å². The monoisotopic (exact) mass is 303 g/mol. The Kier molecular flexibility index (Phi) is 5.17. The molecule has 1 aromatic carbocycles. The van der Waals surface area contributed by atoms with Crippen LogP contribution in [0.4, 0.5) is 0 Å². The molecule has 0 saturated carbocycles. The maximum absolute atomic E-state index is 12.5. The lowest BCUT2D eigenvalue weighted by atomic mass is 9.96. The molecule has 122 valence electrons. The number of esters is 1. The highest BCUT2D eigenvalue weighted by molar-refractivity contribution is 5.80. The van der Waals surface area contributed by atoms with E-state index >= 15 is 0 Å². The zero-order chi connectivity index (χ0) is 17.0. The summed E-state index contributed by atoms with van der Waals surface area (Å²) < 4.78 is 13.8. The van der Waals surface area contributed by atoms with Gasteiger partial charge in [0.2, 0.25) is 0 Å². The molecule has 22 heavy (non-hydrogen) atoms. The van der Waals surface area contributed by atoms with Gasteiger partial charge in [0.15, 0.2) is 0 Å². The Morgan fingerprint density at radius 2 is 2.14 bits per heavy atom. The first-order chi connectivity index (χ1) is 10.8. The van der Waals surface area contributed by atoms with Crippen molar-refractivity contribution in [1.29, 1.82) is 0 Å². The summed E-state index contributed by atoms with van der Waals surface area (Å²) in [6, 6.07) is 4.74. The molecule has 0 radical (unpaired) electrons. The van der Waals surface area contributed by atoms with Gasteiger partial charge >= 0.3 is 5.97 Å². The van der Waals surface area contributed by atoms with E-state index in [2.05, 4.69) is 13.0 Å². The van der Waals surface area contributed by atoms with Crippen LogP contribution >= 0.6 is 0 Å². The van der Waals surface area contributed by atoms with Crippen LogP contribution in [0.15, 0.2) is 18.2 Å². The van der Waals surface area contributed by atoms with Gasteiger partial charge in [-0.3, -0.25) is 4.79 Å². The van der Waals surface area contributed by atoms with Gasteiger partial charge in [-0.25, -0.2) is 0 Å². The molecule has 2 nitrogen and oxygen atoms in total. The van der Waals surface area contributed by atoms with Crippen LogP contribution in [0.2, 0.25) is 0 Å². The van der Waals surface area contributed by atoms with Crippen LogP contribution in [0.1, 0.15) is 83.8 Å².